The molecule has 0 atom stereocenters. The first kappa shape index (κ1) is 22.4. The van der Waals surface area contributed by atoms with Gasteiger partial charge in [-0.1, -0.05) is 11.6 Å². The second-order valence-electron chi connectivity index (χ2n) is 7.14. The van der Waals surface area contributed by atoms with Crippen LogP contribution >= 0.6 is 11.3 Å². The van der Waals surface area contributed by atoms with Gasteiger partial charge in [0.15, 0.2) is 6.61 Å². The maximum Gasteiger partial charge on any atom is 0.308 e. The number of thiophene rings is 1. The fraction of sp³-hybridized carbons (Fsp3) is 0.318. The molecule has 1 aromatic carbocycles. The number of benzene rings is 1. The molecule has 0 saturated carbocycles. The first-order chi connectivity index (χ1) is 14.8. The molecule has 162 valence electrons. The number of ketones is 1. The van der Waals surface area contributed by atoms with E-state index in [9.17, 15) is 24.0 Å². The van der Waals surface area contributed by atoms with Crippen LogP contribution in [0.1, 0.15) is 54.2 Å². The summed E-state index contributed by atoms with van der Waals surface area (Å²) in [7, 11) is 0. The van der Waals surface area contributed by atoms with Crippen molar-refractivity contribution in [3.63, 3.8) is 0 Å². The van der Waals surface area contributed by atoms with Crippen molar-refractivity contribution in [2.24, 2.45) is 0 Å². The van der Waals surface area contributed by atoms with Crippen molar-refractivity contribution >= 4 is 40.8 Å². The van der Waals surface area contributed by atoms with E-state index in [1.165, 1.54) is 18.3 Å². The van der Waals surface area contributed by atoms with Crippen molar-refractivity contribution in [3.8, 4) is 0 Å². The molecule has 2 heterocycles. The fourth-order valence-electron chi connectivity index (χ4n) is 3.12. The monoisotopic (exact) mass is 442 g/mol. The highest BCUT2D eigenvalue weighted by atomic mass is 32.1. The van der Waals surface area contributed by atoms with Crippen molar-refractivity contribution in [1.82, 2.24) is 10.2 Å². The van der Waals surface area contributed by atoms with E-state index in [0.717, 1.165) is 15.3 Å². The second-order valence-corrected chi connectivity index (χ2v) is 8.31. The number of nitrogens with zero attached hydrogens (tertiary/aromatic N) is 1. The zero-order chi connectivity index (χ0) is 22.5. The van der Waals surface area contributed by atoms with Gasteiger partial charge in [-0.25, -0.2) is 0 Å². The molecule has 0 unspecified atom stereocenters. The second kappa shape index (κ2) is 9.65. The Labute approximate surface area is 183 Å². The molecule has 0 saturated heterocycles. The lowest BCUT2D eigenvalue weighted by Gasteiger charge is -2.13. The standard InChI is InChI=1S/C22H22N2O6S/c1-13-3-5-16-17(11-13)22(29)24(21(16)28)10-8-20(27)30-12-18(26)19-6-4-15(31-19)7-9-23-14(2)25/h3-6,11H,7-10,12H2,1-2H3,(H,23,25). The van der Waals surface area contributed by atoms with Crippen LogP contribution in [0.2, 0.25) is 0 Å². The van der Waals surface area contributed by atoms with Gasteiger partial charge in [-0.2, -0.15) is 0 Å². The van der Waals surface area contributed by atoms with Gasteiger partial charge in [-0.3, -0.25) is 28.9 Å². The molecule has 3 rings (SSSR count). The average Bonchev–Trinajstić information content (AvgIpc) is 3.28. The number of rotatable bonds is 9. The van der Waals surface area contributed by atoms with Crippen LogP contribution < -0.4 is 5.32 Å². The number of aryl methyl sites for hydroxylation is 1. The molecule has 1 N–H and O–H groups in total. The Balaban J connectivity index is 1.45. The molecule has 0 aliphatic carbocycles. The van der Waals surface area contributed by atoms with Crippen LogP contribution in [-0.2, 0) is 20.7 Å². The van der Waals surface area contributed by atoms with E-state index in [1.54, 1.807) is 30.3 Å². The minimum Gasteiger partial charge on any atom is -0.457 e. The van der Waals surface area contributed by atoms with Gasteiger partial charge in [0, 0.05) is 24.9 Å². The zero-order valence-electron chi connectivity index (χ0n) is 17.2. The molecule has 2 aromatic rings. The van der Waals surface area contributed by atoms with Crippen LogP contribution in [0.5, 0.6) is 0 Å². The van der Waals surface area contributed by atoms with E-state index in [1.807, 2.05) is 6.92 Å². The molecule has 3 amide bonds. The zero-order valence-corrected chi connectivity index (χ0v) is 18.0. The predicted molar refractivity (Wildman–Crippen MR) is 113 cm³/mol. The van der Waals surface area contributed by atoms with Crippen molar-refractivity contribution in [2.75, 3.05) is 19.7 Å². The molecule has 0 fully saturated rings. The Morgan fingerprint density at radius 2 is 1.81 bits per heavy atom. The van der Waals surface area contributed by atoms with E-state index in [-0.39, 0.29) is 24.7 Å². The molecule has 1 aromatic heterocycles. The molecule has 31 heavy (non-hydrogen) atoms. The Hall–Kier alpha value is -3.33. The summed E-state index contributed by atoms with van der Waals surface area (Å²) in [4.78, 5) is 62.4. The number of imide groups is 1. The number of carbonyl (C=O) groups excluding carboxylic acids is 5. The van der Waals surface area contributed by atoms with E-state index >= 15 is 0 Å². The summed E-state index contributed by atoms with van der Waals surface area (Å²) >= 11 is 1.28. The van der Waals surface area contributed by atoms with Crippen LogP contribution in [0.4, 0.5) is 0 Å². The van der Waals surface area contributed by atoms with Gasteiger partial charge in [0.25, 0.3) is 11.8 Å². The lowest BCUT2D eigenvalue weighted by atomic mass is 10.1. The number of fused-ring (bicyclic) bond motifs is 1. The van der Waals surface area contributed by atoms with Crippen LogP contribution in [0.3, 0.4) is 0 Å². The van der Waals surface area contributed by atoms with Gasteiger partial charge in [-0.15, -0.1) is 11.3 Å². The third-order valence-electron chi connectivity index (χ3n) is 4.71. The number of amides is 3. The van der Waals surface area contributed by atoms with Gasteiger partial charge >= 0.3 is 5.97 Å². The molecule has 9 heteroatoms. The Kier molecular flexibility index (Phi) is 6.96. The van der Waals surface area contributed by atoms with Crippen LogP contribution in [0, 0.1) is 6.92 Å². The summed E-state index contributed by atoms with van der Waals surface area (Å²) in [6, 6.07) is 8.46. The SMILES string of the molecule is CC(=O)NCCc1ccc(C(=O)COC(=O)CCN2C(=O)c3ccc(C)cc3C2=O)s1. The van der Waals surface area contributed by atoms with Gasteiger partial charge in [-0.05, 0) is 37.6 Å². The smallest absolute Gasteiger partial charge is 0.308 e. The van der Waals surface area contributed by atoms with Crippen LogP contribution in [0.25, 0.3) is 0 Å². The van der Waals surface area contributed by atoms with Gasteiger partial charge in [0.05, 0.1) is 22.4 Å². The van der Waals surface area contributed by atoms with E-state index in [0.29, 0.717) is 29.0 Å². The van der Waals surface area contributed by atoms with Gasteiger partial charge in [0.2, 0.25) is 11.7 Å². The summed E-state index contributed by atoms with van der Waals surface area (Å²) in [6.07, 6.45) is 0.418. The Morgan fingerprint density at radius 1 is 1.06 bits per heavy atom. The number of hydrogen-bond donors (Lipinski definition) is 1. The van der Waals surface area contributed by atoms with Crippen LogP contribution in [0.15, 0.2) is 30.3 Å². The summed E-state index contributed by atoms with van der Waals surface area (Å²) in [5.41, 5.74) is 1.53. The molecular weight excluding hydrogens is 420 g/mol. The van der Waals surface area contributed by atoms with Crippen molar-refractivity contribution < 1.29 is 28.7 Å². The largest absolute Gasteiger partial charge is 0.457 e. The quantitative estimate of drug-likeness (QED) is 0.362. The lowest BCUT2D eigenvalue weighted by Crippen LogP contribution is -2.32. The number of nitrogens with one attached hydrogen (secondary N) is 1. The predicted octanol–water partition coefficient (Wildman–Crippen LogP) is 2.15. The molecular formula is C22H22N2O6S. The first-order valence-corrected chi connectivity index (χ1v) is 10.6. The molecule has 0 bridgehead atoms. The van der Waals surface area contributed by atoms with E-state index in [4.69, 9.17) is 4.74 Å². The maximum absolute atomic E-state index is 12.4. The van der Waals surface area contributed by atoms with Gasteiger partial charge in [0.1, 0.15) is 0 Å². The van der Waals surface area contributed by atoms with E-state index < -0.39 is 24.4 Å². The number of ether oxygens (including phenoxy) is 1. The molecule has 8 nitrogen and oxygen atoms in total. The normalized spacial score (nSPS) is 12.6. The Morgan fingerprint density at radius 3 is 2.55 bits per heavy atom. The van der Waals surface area contributed by atoms with Crippen molar-refractivity contribution in [1.29, 1.82) is 0 Å². The average molecular weight is 442 g/mol. The number of hydrogen-bond acceptors (Lipinski definition) is 7. The number of carbonyl (C=O) groups is 5. The van der Waals surface area contributed by atoms with E-state index in [2.05, 4.69) is 5.32 Å². The highest BCUT2D eigenvalue weighted by Crippen LogP contribution is 2.24. The fourth-order valence-corrected chi connectivity index (χ4v) is 4.06. The highest BCUT2D eigenvalue weighted by Gasteiger charge is 2.35. The van der Waals surface area contributed by atoms with Crippen molar-refractivity contribution in [2.45, 2.75) is 26.7 Å². The minimum atomic E-state index is -0.663. The molecule has 1 aliphatic rings. The molecule has 0 spiro atoms. The summed E-state index contributed by atoms with van der Waals surface area (Å²) < 4.78 is 5.02. The number of esters is 1. The summed E-state index contributed by atoms with van der Waals surface area (Å²) in [5, 5.41) is 2.69. The highest BCUT2D eigenvalue weighted by molar-refractivity contribution is 7.14. The Bertz CT molecular complexity index is 1060. The third-order valence-corrected chi connectivity index (χ3v) is 5.90. The van der Waals surface area contributed by atoms with Crippen LogP contribution in [-0.4, -0.2) is 54.1 Å². The molecule has 0 radical (unpaired) electrons. The summed E-state index contributed by atoms with van der Waals surface area (Å²) in [5.74, 6) is -1.98. The topological polar surface area (TPSA) is 110 Å². The molecule has 1 aliphatic heterocycles. The summed E-state index contributed by atoms with van der Waals surface area (Å²) in [6.45, 7) is 3.23. The van der Waals surface area contributed by atoms with Crippen molar-refractivity contribution in [3.05, 3.63) is 56.8 Å². The minimum absolute atomic E-state index is 0.106. The maximum atomic E-state index is 12.4. The van der Waals surface area contributed by atoms with Gasteiger partial charge < -0.3 is 10.1 Å². The number of Topliss-reactive ketones (excluding diaryl/α,β-unsaturated/α-hetero) is 1. The third kappa shape index (κ3) is 5.43. The lowest BCUT2D eigenvalue weighted by molar-refractivity contribution is -0.142. The first-order valence-electron chi connectivity index (χ1n) is 9.75.